The fourth-order valence-electron chi connectivity index (χ4n) is 7.71. The van der Waals surface area contributed by atoms with Crippen LogP contribution in [0.15, 0.2) is 35.4 Å². The molecule has 5 aliphatic rings. The number of phenolic OH excluding ortho intramolecular Hbond substituents is 1. The van der Waals surface area contributed by atoms with Gasteiger partial charge >= 0.3 is 6.09 Å². The van der Waals surface area contributed by atoms with Crippen molar-refractivity contribution >= 4 is 28.3 Å². The summed E-state index contributed by atoms with van der Waals surface area (Å²) >= 11 is 0. The molecule has 0 aromatic heterocycles. The van der Waals surface area contributed by atoms with Crippen molar-refractivity contribution in [2.24, 2.45) is 5.11 Å². The number of ether oxygens (including phenoxy) is 7. The van der Waals surface area contributed by atoms with E-state index < -0.39 is 35.5 Å². The van der Waals surface area contributed by atoms with E-state index in [0.29, 0.717) is 63.9 Å². The van der Waals surface area contributed by atoms with Crippen LogP contribution in [0.25, 0.3) is 21.2 Å². The van der Waals surface area contributed by atoms with Gasteiger partial charge in [-0.15, -0.1) is 0 Å². The van der Waals surface area contributed by atoms with Crippen molar-refractivity contribution in [3.63, 3.8) is 0 Å². The number of hydrogen-bond acceptors (Lipinski definition) is 11. The summed E-state index contributed by atoms with van der Waals surface area (Å²) in [6.07, 6.45) is -0.602. The quantitative estimate of drug-likeness (QED) is 0.157. The average molecular weight is 631 g/mol. The highest BCUT2D eigenvalue weighted by Crippen LogP contribution is 2.70. The first-order valence-electron chi connectivity index (χ1n) is 14.9. The normalized spacial score (nSPS) is 29.5. The first-order chi connectivity index (χ1) is 22.2. The molecular formula is C32H30N4O10. The molecule has 4 heterocycles. The van der Waals surface area contributed by atoms with E-state index in [1.807, 2.05) is 13.0 Å². The summed E-state index contributed by atoms with van der Waals surface area (Å²) in [5, 5.41) is 18.9. The second-order valence-electron chi connectivity index (χ2n) is 12.1. The molecule has 1 aliphatic carbocycles. The molecule has 0 saturated carbocycles. The second-order valence-corrected chi connectivity index (χ2v) is 12.1. The molecule has 238 valence electrons. The number of carbonyl (C=O) groups is 2. The van der Waals surface area contributed by atoms with Gasteiger partial charge in [0, 0.05) is 40.6 Å². The van der Waals surface area contributed by atoms with Crippen LogP contribution in [0.1, 0.15) is 51.6 Å². The smallest absolute Gasteiger partial charge is 0.407 e. The van der Waals surface area contributed by atoms with Crippen molar-refractivity contribution in [3.05, 3.63) is 68.6 Å². The van der Waals surface area contributed by atoms with Crippen LogP contribution in [0.5, 0.6) is 17.2 Å². The van der Waals surface area contributed by atoms with Crippen molar-refractivity contribution in [1.29, 1.82) is 0 Å². The maximum absolute atomic E-state index is 13.1. The number of fused-ring (bicyclic) bond motifs is 8. The van der Waals surface area contributed by atoms with Crippen molar-refractivity contribution in [3.8, 4) is 17.2 Å². The molecule has 8 rings (SSSR count). The van der Waals surface area contributed by atoms with Crippen LogP contribution in [0.3, 0.4) is 0 Å². The Morgan fingerprint density at radius 1 is 1.22 bits per heavy atom. The van der Waals surface area contributed by atoms with Gasteiger partial charge in [-0.1, -0.05) is 29.4 Å². The largest absolute Gasteiger partial charge is 0.506 e. The maximum atomic E-state index is 13.1. The van der Waals surface area contributed by atoms with Crippen LogP contribution in [0.4, 0.5) is 10.5 Å². The van der Waals surface area contributed by atoms with Crippen LogP contribution in [0, 0.1) is 6.92 Å². The molecule has 3 fully saturated rings. The van der Waals surface area contributed by atoms with E-state index in [-0.39, 0.29) is 36.9 Å². The standard InChI is InChI=1S/C32H30N4O10/c1-15-11-19-23(24(38)22-18(25(19)40-2)5-4-6-20(22)37)26-21(15)27-28-32(41-3,45-26)30(14-43-30)31(44-27,46-28)13-34-29(39)42-12-16-7-9-17(10-8-16)35-36-33/h7-11,27-28,38H,4-6,12-14H2,1-3H3,(H,34,39)/t27-,28+,30-,31-,32?/m1/s1. The van der Waals surface area contributed by atoms with Gasteiger partial charge in [0.15, 0.2) is 11.9 Å². The number of amides is 1. The molecule has 1 spiro atoms. The van der Waals surface area contributed by atoms with E-state index in [0.717, 1.165) is 5.56 Å². The molecule has 3 saturated heterocycles. The number of methoxy groups -OCH3 is 2. The number of aromatic hydroxyl groups is 1. The zero-order chi connectivity index (χ0) is 32.0. The Morgan fingerprint density at radius 3 is 2.70 bits per heavy atom. The highest BCUT2D eigenvalue weighted by Gasteiger charge is 2.91. The topological polar surface area (TPSA) is 183 Å². The molecule has 4 aliphatic heterocycles. The lowest BCUT2D eigenvalue weighted by Gasteiger charge is -2.48. The van der Waals surface area contributed by atoms with Crippen molar-refractivity contribution in [2.45, 2.75) is 62.2 Å². The number of carbonyl (C=O) groups excluding carboxylic acids is 2. The zero-order valence-electron chi connectivity index (χ0n) is 25.2. The molecule has 14 heteroatoms. The monoisotopic (exact) mass is 630 g/mol. The van der Waals surface area contributed by atoms with Gasteiger partial charge in [0.25, 0.3) is 5.79 Å². The Balaban J connectivity index is 1.13. The molecule has 2 N–H and O–H groups in total. The number of aryl methyl sites for hydroxylation is 1. The van der Waals surface area contributed by atoms with Gasteiger partial charge in [0.1, 0.15) is 30.0 Å². The number of hydrogen-bond donors (Lipinski definition) is 2. The second kappa shape index (κ2) is 9.95. The van der Waals surface area contributed by atoms with Gasteiger partial charge in [-0.05, 0) is 42.5 Å². The summed E-state index contributed by atoms with van der Waals surface area (Å²) in [5.41, 5.74) is 10.8. The van der Waals surface area contributed by atoms with Gasteiger partial charge < -0.3 is 43.6 Å². The molecular weight excluding hydrogens is 600 g/mol. The molecule has 1 unspecified atom stereocenters. The van der Waals surface area contributed by atoms with Gasteiger partial charge in [-0.2, -0.15) is 0 Å². The van der Waals surface area contributed by atoms with Gasteiger partial charge in [0.2, 0.25) is 11.4 Å². The maximum Gasteiger partial charge on any atom is 0.407 e. The van der Waals surface area contributed by atoms with Gasteiger partial charge in [-0.3, -0.25) is 4.79 Å². The number of Topliss-reactive ketones (excluding diaryl/α,β-unsaturated/α-hetero) is 1. The fraction of sp³-hybridized carbons (Fsp3) is 0.438. The minimum absolute atomic E-state index is 0.0199. The summed E-state index contributed by atoms with van der Waals surface area (Å²) in [6, 6.07) is 8.53. The summed E-state index contributed by atoms with van der Waals surface area (Å²) in [4.78, 5) is 28.6. The first-order valence-corrected chi connectivity index (χ1v) is 14.9. The highest BCUT2D eigenvalue weighted by atomic mass is 16.9. The number of benzene rings is 3. The average Bonchev–Trinajstić information content (AvgIpc) is 3.72. The van der Waals surface area contributed by atoms with E-state index in [1.165, 1.54) is 7.11 Å². The Kier molecular flexibility index (Phi) is 6.24. The minimum Gasteiger partial charge on any atom is -0.506 e. The van der Waals surface area contributed by atoms with Crippen LogP contribution in [0.2, 0.25) is 0 Å². The molecule has 5 atom stereocenters. The number of epoxide rings is 1. The molecule has 2 bridgehead atoms. The molecule has 3 aromatic rings. The number of rotatable bonds is 7. The SMILES string of the molecule is COc1c2c(c(O)c3c4c(c(C)cc13)[C@H]1O[C@]3(CNC(=O)OCc5ccc(N=[N+]=[N-])cc5)O[C@@H]1C(OC)(O4)[C@@]31CO1)C(=O)CCC2. The lowest BCUT2D eigenvalue weighted by molar-refractivity contribution is -0.287. The number of phenols is 1. The van der Waals surface area contributed by atoms with Gasteiger partial charge in [-0.25, -0.2) is 4.79 Å². The molecule has 3 aromatic carbocycles. The number of nitrogens with one attached hydrogen (secondary N) is 1. The predicted octanol–water partition coefficient (Wildman–Crippen LogP) is 4.92. The first kappa shape index (κ1) is 28.9. The summed E-state index contributed by atoms with van der Waals surface area (Å²) in [5.74, 6) is -2.46. The summed E-state index contributed by atoms with van der Waals surface area (Å²) in [7, 11) is 3.04. The third kappa shape index (κ3) is 3.64. The molecule has 0 radical (unpaired) electrons. The highest BCUT2D eigenvalue weighted by molar-refractivity contribution is 6.11. The van der Waals surface area contributed by atoms with E-state index >= 15 is 0 Å². The number of alkyl carbamates (subject to hydrolysis) is 1. The fourth-order valence-corrected chi connectivity index (χ4v) is 7.71. The predicted molar refractivity (Wildman–Crippen MR) is 158 cm³/mol. The molecule has 46 heavy (non-hydrogen) atoms. The van der Waals surface area contributed by atoms with E-state index in [2.05, 4.69) is 15.3 Å². The van der Waals surface area contributed by atoms with E-state index in [9.17, 15) is 14.7 Å². The Bertz CT molecular complexity index is 1890. The Labute approximate surface area is 262 Å². The lowest BCUT2D eigenvalue weighted by atomic mass is 9.78. The summed E-state index contributed by atoms with van der Waals surface area (Å²) in [6.45, 7) is 1.91. The summed E-state index contributed by atoms with van der Waals surface area (Å²) < 4.78 is 43.3. The van der Waals surface area contributed by atoms with Crippen molar-refractivity contribution in [1.82, 2.24) is 5.32 Å². The van der Waals surface area contributed by atoms with E-state index in [4.69, 9.17) is 38.7 Å². The van der Waals surface area contributed by atoms with Crippen molar-refractivity contribution in [2.75, 3.05) is 27.4 Å². The van der Waals surface area contributed by atoms with Crippen LogP contribution in [-0.2, 0) is 36.7 Å². The Hall–Kier alpha value is -4.59. The third-order valence-electron chi connectivity index (χ3n) is 9.80. The van der Waals surface area contributed by atoms with Gasteiger partial charge in [0.05, 0.1) is 31.2 Å². The number of ketones is 1. The molecule has 1 amide bonds. The van der Waals surface area contributed by atoms with Crippen LogP contribution >= 0.6 is 0 Å². The number of azide groups is 1. The van der Waals surface area contributed by atoms with Crippen LogP contribution < -0.4 is 14.8 Å². The number of nitrogens with zero attached hydrogens (tertiary/aromatic N) is 3. The zero-order valence-corrected chi connectivity index (χ0v) is 25.2. The Morgan fingerprint density at radius 2 is 2.00 bits per heavy atom. The van der Waals surface area contributed by atoms with Crippen molar-refractivity contribution < 1.29 is 47.9 Å². The third-order valence-corrected chi connectivity index (χ3v) is 9.80. The lowest BCUT2D eigenvalue weighted by Crippen LogP contribution is -2.69. The van der Waals surface area contributed by atoms with E-state index in [1.54, 1.807) is 31.4 Å². The van der Waals surface area contributed by atoms with Crippen LogP contribution in [-0.4, -0.2) is 67.6 Å². The minimum atomic E-state index is -1.50. The molecule has 14 nitrogen and oxygen atoms in total.